The van der Waals surface area contributed by atoms with Gasteiger partial charge in [-0.15, -0.1) is 0 Å². The van der Waals surface area contributed by atoms with Crippen molar-refractivity contribution in [1.82, 2.24) is 10.1 Å². The van der Waals surface area contributed by atoms with Crippen molar-refractivity contribution in [3.05, 3.63) is 30.1 Å². The van der Waals surface area contributed by atoms with E-state index in [2.05, 4.69) is 10.1 Å². The fraction of sp³-hybridized carbons (Fsp3) is 0.385. The van der Waals surface area contributed by atoms with E-state index in [1.165, 1.54) is 0 Å². The number of rotatable bonds is 3. The van der Waals surface area contributed by atoms with Crippen LogP contribution in [0.25, 0.3) is 11.5 Å². The van der Waals surface area contributed by atoms with Crippen LogP contribution in [0.5, 0.6) is 5.75 Å². The van der Waals surface area contributed by atoms with Gasteiger partial charge in [0.2, 0.25) is 0 Å². The number of hydrogen-bond acceptors (Lipinski definition) is 5. The number of hydrogen-bond donors (Lipinski definition) is 1. The first-order valence-electron chi connectivity index (χ1n) is 5.99. The number of aromatic nitrogens is 2. The third kappa shape index (κ3) is 1.76. The van der Waals surface area contributed by atoms with Crippen molar-refractivity contribution in [2.24, 2.45) is 5.73 Å². The number of ether oxygens (including phenoxy) is 1. The van der Waals surface area contributed by atoms with E-state index in [1.807, 2.05) is 24.3 Å². The quantitative estimate of drug-likeness (QED) is 0.896. The molecule has 1 aromatic carbocycles. The lowest BCUT2D eigenvalue weighted by atomic mass is 9.77. The zero-order valence-electron chi connectivity index (χ0n) is 10.2. The van der Waals surface area contributed by atoms with Crippen molar-refractivity contribution in [1.29, 1.82) is 0 Å². The highest BCUT2D eigenvalue weighted by atomic mass is 16.5. The summed E-state index contributed by atoms with van der Waals surface area (Å²) in [5.74, 6) is 1.91. The topological polar surface area (TPSA) is 74.2 Å². The molecule has 1 aliphatic rings. The molecule has 1 fully saturated rings. The Labute approximate surface area is 105 Å². The molecule has 0 atom stereocenters. The molecule has 0 saturated heterocycles. The third-order valence-electron chi connectivity index (χ3n) is 3.45. The number of nitrogens with zero attached hydrogens (tertiary/aromatic N) is 2. The molecule has 5 heteroatoms. The summed E-state index contributed by atoms with van der Waals surface area (Å²) in [5, 5.41) is 3.99. The van der Waals surface area contributed by atoms with Gasteiger partial charge in [-0.25, -0.2) is 0 Å². The molecule has 5 nitrogen and oxygen atoms in total. The van der Waals surface area contributed by atoms with Crippen LogP contribution in [-0.2, 0) is 5.54 Å². The van der Waals surface area contributed by atoms with Gasteiger partial charge < -0.3 is 15.0 Å². The largest absolute Gasteiger partial charge is 0.497 e. The third-order valence-corrected chi connectivity index (χ3v) is 3.45. The first kappa shape index (κ1) is 11.2. The molecule has 0 bridgehead atoms. The molecule has 1 aromatic heterocycles. The minimum atomic E-state index is -0.381. The lowest BCUT2D eigenvalue weighted by Gasteiger charge is -2.34. The van der Waals surface area contributed by atoms with Gasteiger partial charge in [-0.2, -0.15) is 4.98 Å². The van der Waals surface area contributed by atoms with Crippen LogP contribution in [0.2, 0.25) is 0 Å². The molecule has 94 valence electrons. The Bertz CT molecular complexity index is 544. The summed E-state index contributed by atoms with van der Waals surface area (Å²) in [7, 11) is 1.63. The Kier molecular flexibility index (Phi) is 2.56. The van der Waals surface area contributed by atoms with E-state index in [4.69, 9.17) is 15.0 Å². The van der Waals surface area contributed by atoms with Gasteiger partial charge in [0.25, 0.3) is 5.89 Å². The molecule has 2 aromatic rings. The minimum Gasteiger partial charge on any atom is -0.497 e. The van der Waals surface area contributed by atoms with Crippen LogP contribution >= 0.6 is 0 Å². The van der Waals surface area contributed by atoms with Gasteiger partial charge >= 0.3 is 0 Å². The van der Waals surface area contributed by atoms with Crippen molar-refractivity contribution in [2.45, 2.75) is 24.8 Å². The van der Waals surface area contributed by atoms with Crippen LogP contribution in [0, 0.1) is 0 Å². The molecule has 0 radical (unpaired) electrons. The zero-order valence-corrected chi connectivity index (χ0v) is 10.2. The Hall–Kier alpha value is -1.88. The highest BCUT2D eigenvalue weighted by molar-refractivity contribution is 5.54. The molecular weight excluding hydrogens is 230 g/mol. The SMILES string of the molecule is COc1ccc(-c2nc(C3(N)CCC3)no2)cc1. The molecule has 0 spiro atoms. The fourth-order valence-electron chi connectivity index (χ4n) is 2.06. The van der Waals surface area contributed by atoms with E-state index in [-0.39, 0.29) is 5.54 Å². The maximum absolute atomic E-state index is 6.16. The monoisotopic (exact) mass is 245 g/mol. The summed E-state index contributed by atoms with van der Waals surface area (Å²) < 4.78 is 10.4. The van der Waals surface area contributed by atoms with E-state index < -0.39 is 0 Å². The van der Waals surface area contributed by atoms with Gasteiger partial charge in [-0.1, -0.05) is 5.16 Å². The first-order valence-corrected chi connectivity index (χ1v) is 5.99. The molecule has 3 rings (SSSR count). The summed E-state index contributed by atoms with van der Waals surface area (Å²) >= 11 is 0. The summed E-state index contributed by atoms with van der Waals surface area (Å²) in [5.41, 5.74) is 6.65. The predicted octanol–water partition coefficient (Wildman–Crippen LogP) is 2.08. The first-order chi connectivity index (χ1) is 8.71. The molecule has 18 heavy (non-hydrogen) atoms. The minimum absolute atomic E-state index is 0.381. The second-order valence-corrected chi connectivity index (χ2v) is 4.66. The fourth-order valence-corrected chi connectivity index (χ4v) is 2.06. The molecule has 2 N–H and O–H groups in total. The lowest BCUT2D eigenvalue weighted by Crippen LogP contribution is -2.44. The van der Waals surface area contributed by atoms with Crippen LogP contribution in [0.1, 0.15) is 25.1 Å². The molecule has 1 heterocycles. The summed E-state index contributed by atoms with van der Waals surface area (Å²) in [6.07, 6.45) is 2.98. The smallest absolute Gasteiger partial charge is 0.257 e. The Morgan fingerprint density at radius 1 is 1.28 bits per heavy atom. The van der Waals surface area contributed by atoms with Gasteiger partial charge in [0, 0.05) is 5.56 Å². The Morgan fingerprint density at radius 3 is 2.56 bits per heavy atom. The van der Waals surface area contributed by atoms with Crippen LogP contribution < -0.4 is 10.5 Å². The van der Waals surface area contributed by atoms with Gasteiger partial charge in [0.05, 0.1) is 12.6 Å². The summed E-state index contributed by atoms with van der Waals surface area (Å²) in [4.78, 5) is 4.39. The van der Waals surface area contributed by atoms with E-state index in [0.29, 0.717) is 11.7 Å². The van der Waals surface area contributed by atoms with E-state index >= 15 is 0 Å². The molecule has 0 unspecified atom stereocenters. The maximum Gasteiger partial charge on any atom is 0.257 e. The molecule has 0 amide bonds. The van der Waals surface area contributed by atoms with E-state index in [9.17, 15) is 0 Å². The molecule has 1 aliphatic carbocycles. The summed E-state index contributed by atoms with van der Waals surface area (Å²) in [6, 6.07) is 7.50. The predicted molar refractivity (Wildman–Crippen MR) is 66.0 cm³/mol. The van der Waals surface area contributed by atoms with Crippen molar-refractivity contribution in [3.63, 3.8) is 0 Å². The van der Waals surface area contributed by atoms with Crippen LogP contribution in [0.3, 0.4) is 0 Å². The molecular formula is C13H15N3O2. The Balaban J connectivity index is 1.88. The maximum atomic E-state index is 6.16. The molecule has 1 saturated carbocycles. The number of nitrogens with two attached hydrogens (primary N) is 1. The van der Waals surface area contributed by atoms with Crippen molar-refractivity contribution in [3.8, 4) is 17.2 Å². The van der Waals surface area contributed by atoms with Crippen molar-refractivity contribution < 1.29 is 9.26 Å². The zero-order chi connectivity index (χ0) is 12.6. The second-order valence-electron chi connectivity index (χ2n) is 4.66. The Morgan fingerprint density at radius 2 is 2.00 bits per heavy atom. The van der Waals surface area contributed by atoms with Gasteiger partial charge in [0.15, 0.2) is 5.82 Å². The van der Waals surface area contributed by atoms with E-state index in [0.717, 1.165) is 30.6 Å². The van der Waals surface area contributed by atoms with Gasteiger partial charge in [-0.3, -0.25) is 0 Å². The number of methoxy groups -OCH3 is 1. The lowest BCUT2D eigenvalue weighted by molar-refractivity contribution is 0.229. The van der Waals surface area contributed by atoms with Crippen molar-refractivity contribution >= 4 is 0 Å². The van der Waals surface area contributed by atoms with Gasteiger partial charge in [0.1, 0.15) is 5.75 Å². The highest BCUT2D eigenvalue weighted by Crippen LogP contribution is 2.37. The number of benzene rings is 1. The summed E-state index contributed by atoms with van der Waals surface area (Å²) in [6.45, 7) is 0. The van der Waals surface area contributed by atoms with Crippen LogP contribution in [0.4, 0.5) is 0 Å². The highest BCUT2D eigenvalue weighted by Gasteiger charge is 2.39. The van der Waals surface area contributed by atoms with Gasteiger partial charge in [-0.05, 0) is 43.5 Å². The molecule has 0 aliphatic heterocycles. The second kappa shape index (κ2) is 4.10. The van der Waals surface area contributed by atoms with Crippen LogP contribution in [-0.4, -0.2) is 17.3 Å². The van der Waals surface area contributed by atoms with E-state index in [1.54, 1.807) is 7.11 Å². The average Bonchev–Trinajstić information content (AvgIpc) is 2.86. The van der Waals surface area contributed by atoms with Crippen LogP contribution in [0.15, 0.2) is 28.8 Å². The normalized spacial score (nSPS) is 17.2. The standard InChI is InChI=1S/C13H15N3O2/c1-17-10-5-3-9(4-6-10)11-15-12(16-18-11)13(14)7-2-8-13/h3-6H,2,7-8,14H2,1H3. The average molecular weight is 245 g/mol. The van der Waals surface area contributed by atoms with Crippen molar-refractivity contribution in [2.75, 3.05) is 7.11 Å².